The average Bonchev–Trinajstić information content (AvgIpc) is 3.33. The van der Waals surface area contributed by atoms with Crippen molar-refractivity contribution in [3.63, 3.8) is 0 Å². The number of fused-ring (bicyclic) bond motifs is 7. The smallest absolute Gasteiger partial charge is 0.312 e. The number of rotatable bonds is 3. The molecule has 38 heavy (non-hydrogen) atoms. The second kappa shape index (κ2) is 10.3. The summed E-state index contributed by atoms with van der Waals surface area (Å²) in [7, 11) is 0. The highest BCUT2D eigenvalue weighted by molar-refractivity contribution is 5.78. The zero-order valence-electron chi connectivity index (χ0n) is 24.8. The summed E-state index contributed by atoms with van der Waals surface area (Å²) in [5.41, 5.74) is 2.06. The lowest BCUT2D eigenvalue weighted by atomic mass is 9.37. The van der Waals surface area contributed by atoms with E-state index in [1.807, 2.05) is 25.1 Å². The van der Waals surface area contributed by atoms with Gasteiger partial charge in [0, 0.05) is 0 Å². The summed E-state index contributed by atoms with van der Waals surface area (Å²) in [5, 5.41) is 0. The molecule has 1 aromatic carbocycles. The number of hydrogen-bond donors (Lipinski definition) is 0. The van der Waals surface area contributed by atoms with Crippen LogP contribution in [0.5, 0.6) is 0 Å². The standard InChI is InChI=1S/C33H46O2.C3H6/c1-30(2)17-9-18-32(4)27(30)16-20-31(3)25-15-21-33(29(34)35-22-23-10-6-5-7-11-23)19-8-12-26(33)24(25)13-14-28(31)32;1-3-2/h5-7,9-11,17,24-28H,8,12-16,18-22H2,1-4H3;3H,1H2,2H3. The Morgan fingerprint density at radius 2 is 1.66 bits per heavy atom. The predicted octanol–water partition coefficient (Wildman–Crippen LogP) is 9.55. The maximum absolute atomic E-state index is 13.7. The SMILES string of the molecule is C=CC.CC1(C)C=CCC2(C)C1CCC1(C)C3CCC4(C(=O)OCc5ccccc5)CCCC4C3CCC12. The molecule has 0 radical (unpaired) electrons. The summed E-state index contributed by atoms with van der Waals surface area (Å²) < 4.78 is 6.05. The van der Waals surface area contributed by atoms with Gasteiger partial charge in [-0.3, -0.25) is 4.79 Å². The Kier molecular flexibility index (Phi) is 7.51. The Morgan fingerprint density at radius 1 is 0.921 bits per heavy atom. The first-order valence-corrected chi connectivity index (χ1v) is 15.6. The third-order valence-corrected chi connectivity index (χ3v) is 12.4. The number of esters is 1. The predicted molar refractivity (Wildman–Crippen MR) is 157 cm³/mol. The van der Waals surface area contributed by atoms with E-state index in [-0.39, 0.29) is 11.4 Å². The molecule has 8 unspecified atom stereocenters. The molecule has 8 atom stereocenters. The van der Waals surface area contributed by atoms with E-state index in [4.69, 9.17) is 4.74 Å². The molecule has 2 heteroatoms. The Bertz CT molecular complexity index is 1040. The molecule has 0 N–H and O–H groups in total. The van der Waals surface area contributed by atoms with Crippen LogP contribution in [0.25, 0.3) is 0 Å². The minimum Gasteiger partial charge on any atom is -0.460 e. The fourth-order valence-electron chi connectivity index (χ4n) is 11.0. The molecule has 208 valence electrons. The van der Waals surface area contributed by atoms with Crippen molar-refractivity contribution in [2.75, 3.05) is 0 Å². The van der Waals surface area contributed by atoms with E-state index >= 15 is 0 Å². The maximum Gasteiger partial charge on any atom is 0.312 e. The Labute approximate surface area is 232 Å². The van der Waals surface area contributed by atoms with Crippen LogP contribution in [0.1, 0.15) is 104 Å². The first-order chi connectivity index (χ1) is 18.1. The molecular formula is C36H52O2. The van der Waals surface area contributed by atoms with Gasteiger partial charge in [-0.25, -0.2) is 0 Å². The zero-order chi connectivity index (χ0) is 27.2. The maximum atomic E-state index is 13.7. The van der Waals surface area contributed by atoms with Crippen molar-refractivity contribution in [2.24, 2.45) is 51.2 Å². The van der Waals surface area contributed by atoms with Crippen molar-refractivity contribution in [2.45, 2.75) is 105 Å². The summed E-state index contributed by atoms with van der Waals surface area (Å²) in [5.74, 6) is 3.77. The van der Waals surface area contributed by atoms with Gasteiger partial charge in [0.05, 0.1) is 5.41 Å². The van der Waals surface area contributed by atoms with E-state index in [1.165, 1.54) is 51.4 Å². The van der Waals surface area contributed by atoms with Crippen LogP contribution in [0.3, 0.4) is 0 Å². The second-order valence-electron chi connectivity index (χ2n) is 14.6. The van der Waals surface area contributed by atoms with Crippen LogP contribution in [0.4, 0.5) is 0 Å². The van der Waals surface area contributed by atoms with E-state index in [2.05, 4.69) is 58.6 Å². The molecule has 0 aliphatic heterocycles. The lowest BCUT2D eigenvalue weighted by Crippen LogP contribution is -2.61. The van der Waals surface area contributed by atoms with E-state index in [9.17, 15) is 4.79 Å². The lowest BCUT2D eigenvalue weighted by molar-refractivity contribution is -0.192. The molecule has 0 aromatic heterocycles. The summed E-state index contributed by atoms with van der Waals surface area (Å²) in [6, 6.07) is 10.2. The summed E-state index contributed by atoms with van der Waals surface area (Å²) >= 11 is 0. The quantitative estimate of drug-likeness (QED) is 0.295. The van der Waals surface area contributed by atoms with Crippen LogP contribution in [0.2, 0.25) is 0 Å². The van der Waals surface area contributed by atoms with Crippen LogP contribution < -0.4 is 0 Å². The molecule has 0 spiro atoms. The molecule has 4 fully saturated rings. The number of allylic oxidation sites excluding steroid dienone is 3. The van der Waals surface area contributed by atoms with Crippen molar-refractivity contribution in [1.82, 2.24) is 0 Å². The van der Waals surface area contributed by atoms with Gasteiger partial charge in [0.25, 0.3) is 0 Å². The molecule has 0 bridgehead atoms. The van der Waals surface area contributed by atoms with Crippen molar-refractivity contribution >= 4 is 5.97 Å². The normalized spacial score (nSPS) is 42.3. The number of carbonyl (C=O) groups is 1. The number of carbonyl (C=O) groups excluding carboxylic acids is 1. The monoisotopic (exact) mass is 516 g/mol. The van der Waals surface area contributed by atoms with Crippen LogP contribution >= 0.6 is 0 Å². The minimum atomic E-state index is -0.212. The lowest BCUT2D eigenvalue weighted by Gasteiger charge is -2.67. The van der Waals surface area contributed by atoms with Gasteiger partial charge in [0.1, 0.15) is 6.61 Å². The van der Waals surface area contributed by atoms with Gasteiger partial charge in [-0.15, -0.1) is 6.58 Å². The summed E-state index contributed by atoms with van der Waals surface area (Å²) in [4.78, 5) is 13.7. The van der Waals surface area contributed by atoms with Gasteiger partial charge in [-0.1, -0.05) is 82.7 Å². The van der Waals surface area contributed by atoms with E-state index in [1.54, 1.807) is 6.08 Å². The fraction of sp³-hybridized carbons (Fsp3) is 0.694. The van der Waals surface area contributed by atoms with Gasteiger partial charge >= 0.3 is 5.97 Å². The molecule has 5 aliphatic carbocycles. The molecule has 1 aromatic rings. The third kappa shape index (κ3) is 4.33. The molecule has 2 nitrogen and oxygen atoms in total. The van der Waals surface area contributed by atoms with E-state index in [0.717, 1.165) is 36.2 Å². The van der Waals surface area contributed by atoms with E-state index in [0.29, 0.717) is 34.7 Å². The average molecular weight is 517 g/mol. The van der Waals surface area contributed by atoms with Gasteiger partial charge in [-0.05, 0) is 116 Å². The number of hydrogen-bond acceptors (Lipinski definition) is 2. The fourth-order valence-corrected chi connectivity index (χ4v) is 11.0. The van der Waals surface area contributed by atoms with Gasteiger partial charge in [-0.2, -0.15) is 0 Å². The van der Waals surface area contributed by atoms with Crippen molar-refractivity contribution in [3.8, 4) is 0 Å². The van der Waals surface area contributed by atoms with Gasteiger partial charge < -0.3 is 4.74 Å². The molecule has 0 amide bonds. The second-order valence-corrected chi connectivity index (χ2v) is 14.6. The highest BCUT2D eigenvalue weighted by atomic mass is 16.5. The first kappa shape index (κ1) is 27.7. The van der Waals surface area contributed by atoms with Crippen molar-refractivity contribution < 1.29 is 9.53 Å². The Balaban J connectivity index is 0.000000937. The minimum absolute atomic E-state index is 0.115. The molecule has 0 saturated heterocycles. The van der Waals surface area contributed by atoms with Crippen LogP contribution in [0.15, 0.2) is 55.1 Å². The van der Waals surface area contributed by atoms with Crippen LogP contribution in [0, 0.1) is 51.2 Å². The largest absolute Gasteiger partial charge is 0.460 e. The zero-order valence-corrected chi connectivity index (χ0v) is 24.8. The molecular weight excluding hydrogens is 464 g/mol. The summed E-state index contributed by atoms with van der Waals surface area (Å²) in [6.45, 7) is 16.0. The highest BCUT2D eigenvalue weighted by Crippen LogP contribution is 2.72. The summed E-state index contributed by atoms with van der Waals surface area (Å²) in [6.07, 6.45) is 19.3. The Morgan fingerprint density at radius 3 is 2.39 bits per heavy atom. The molecule has 0 heterocycles. The van der Waals surface area contributed by atoms with Crippen molar-refractivity contribution in [3.05, 3.63) is 60.7 Å². The Hall–Kier alpha value is -1.83. The topological polar surface area (TPSA) is 26.3 Å². The third-order valence-electron chi connectivity index (χ3n) is 12.4. The number of ether oxygens (including phenoxy) is 1. The number of benzene rings is 1. The molecule has 4 saturated carbocycles. The van der Waals surface area contributed by atoms with Gasteiger partial charge in [0.15, 0.2) is 0 Å². The van der Waals surface area contributed by atoms with Crippen LogP contribution in [-0.2, 0) is 16.1 Å². The highest BCUT2D eigenvalue weighted by Gasteiger charge is 2.66. The molecule has 6 rings (SSSR count). The molecule has 5 aliphatic rings. The van der Waals surface area contributed by atoms with E-state index < -0.39 is 0 Å². The first-order valence-electron chi connectivity index (χ1n) is 15.6. The van der Waals surface area contributed by atoms with Crippen molar-refractivity contribution in [1.29, 1.82) is 0 Å². The van der Waals surface area contributed by atoms with Gasteiger partial charge in [0.2, 0.25) is 0 Å². The van der Waals surface area contributed by atoms with Crippen LogP contribution in [-0.4, -0.2) is 5.97 Å².